The average Bonchev–Trinajstić information content (AvgIpc) is 3.01. The number of hydrogen-bond acceptors (Lipinski definition) is 1. The Labute approximate surface area is 91.5 Å². The van der Waals surface area contributed by atoms with Gasteiger partial charge in [0.2, 0.25) is 0 Å². The third-order valence-corrected chi connectivity index (χ3v) is 3.06. The zero-order valence-electron chi connectivity index (χ0n) is 9.49. The van der Waals surface area contributed by atoms with Crippen LogP contribution in [0.1, 0.15) is 43.7 Å². The number of benzene rings is 1. The fourth-order valence-corrected chi connectivity index (χ4v) is 1.77. The summed E-state index contributed by atoms with van der Waals surface area (Å²) in [5, 5.41) is 0. The minimum atomic E-state index is 0.384. The molecule has 0 spiro atoms. The lowest BCUT2D eigenvalue weighted by Gasteiger charge is -2.06. The van der Waals surface area contributed by atoms with E-state index in [1.165, 1.54) is 5.56 Å². The Morgan fingerprint density at radius 3 is 2.33 bits per heavy atom. The summed E-state index contributed by atoms with van der Waals surface area (Å²) in [5.41, 5.74) is 2.51. The maximum atomic E-state index is 11.6. The normalized spacial score (nSPS) is 15.7. The molecule has 0 unspecified atom stereocenters. The van der Waals surface area contributed by atoms with Crippen LogP contribution in [0.25, 0.3) is 0 Å². The first-order chi connectivity index (χ1) is 7.16. The van der Waals surface area contributed by atoms with Gasteiger partial charge < -0.3 is 0 Å². The third-order valence-electron chi connectivity index (χ3n) is 3.06. The highest BCUT2D eigenvalue weighted by molar-refractivity contribution is 5.85. The summed E-state index contributed by atoms with van der Waals surface area (Å²) in [4.78, 5) is 11.6. The Bertz CT molecular complexity index is 344. The minimum absolute atomic E-state index is 0.384. The lowest BCUT2D eigenvalue weighted by molar-refractivity contribution is -0.119. The molecule has 0 N–H and O–H groups in total. The molecule has 0 aromatic heterocycles. The summed E-state index contributed by atoms with van der Waals surface area (Å²) >= 11 is 0. The fourth-order valence-electron chi connectivity index (χ4n) is 1.77. The summed E-state index contributed by atoms with van der Waals surface area (Å²) in [6.45, 7) is 4.37. The highest BCUT2D eigenvalue weighted by Crippen LogP contribution is 2.31. The van der Waals surface area contributed by atoms with Crippen LogP contribution in [-0.2, 0) is 11.2 Å². The van der Waals surface area contributed by atoms with Gasteiger partial charge in [-0.05, 0) is 29.9 Å². The zero-order chi connectivity index (χ0) is 10.8. The largest absolute Gasteiger partial charge is 0.299 e. The summed E-state index contributed by atoms with van der Waals surface area (Å²) in [7, 11) is 0. The van der Waals surface area contributed by atoms with Crippen LogP contribution in [0.15, 0.2) is 24.3 Å². The van der Waals surface area contributed by atoms with Crippen molar-refractivity contribution in [3.8, 4) is 0 Å². The smallest absolute Gasteiger partial charge is 0.140 e. The van der Waals surface area contributed by atoms with Crippen molar-refractivity contribution in [2.24, 2.45) is 5.92 Å². The summed E-state index contributed by atoms with van der Waals surface area (Å²) in [6, 6.07) is 8.46. The van der Waals surface area contributed by atoms with E-state index >= 15 is 0 Å². The van der Waals surface area contributed by atoms with Gasteiger partial charge in [0.25, 0.3) is 0 Å². The van der Waals surface area contributed by atoms with Gasteiger partial charge in [-0.1, -0.05) is 38.1 Å². The standard InChI is InChI=1S/C14H18O/c1-10(2)12-5-3-11(4-6-12)9-14(15)13-7-8-13/h3-6,10,13H,7-9H2,1-2H3. The SMILES string of the molecule is CC(C)c1ccc(CC(=O)C2CC2)cc1. The van der Waals surface area contributed by atoms with Gasteiger partial charge in [-0.2, -0.15) is 0 Å². The predicted molar refractivity (Wildman–Crippen MR) is 62.0 cm³/mol. The van der Waals surface area contributed by atoms with Gasteiger partial charge in [0, 0.05) is 12.3 Å². The molecule has 2 rings (SSSR count). The van der Waals surface area contributed by atoms with Gasteiger partial charge in [-0.25, -0.2) is 0 Å². The van der Waals surface area contributed by atoms with Crippen LogP contribution in [0.3, 0.4) is 0 Å². The van der Waals surface area contributed by atoms with Crippen molar-refractivity contribution >= 4 is 5.78 Å². The van der Waals surface area contributed by atoms with Crippen LogP contribution in [0.5, 0.6) is 0 Å². The molecule has 0 atom stereocenters. The quantitative estimate of drug-likeness (QED) is 0.732. The molecule has 1 fully saturated rings. The molecule has 0 radical (unpaired) electrons. The van der Waals surface area contributed by atoms with E-state index in [1.807, 2.05) is 0 Å². The maximum Gasteiger partial charge on any atom is 0.140 e. The van der Waals surface area contributed by atoms with E-state index in [0.29, 0.717) is 24.0 Å². The third kappa shape index (κ3) is 2.68. The first-order valence-corrected chi connectivity index (χ1v) is 5.78. The molecule has 1 aliphatic rings. The van der Waals surface area contributed by atoms with Crippen LogP contribution in [0.4, 0.5) is 0 Å². The van der Waals surface area contributed by atoms with Gasteiger partial charge in [0.05, 0.1) is 0 Å². The van der Waals surface area contributed by atoms with Crippen molar-refractivity contribution in [3.63, 3.8) is 0 Å². The molecule has 0 saturated heterocycles. The van der Waals surface area contributed by atoms with Gasteiger partial charge in [-0.3, -0.25) is 4.79 Å². The Morgan fingerprint density at radius 2 is 1.87 bits per heavy atom. The first kappa shape index (κ1) is 10.4. The first-order valence-electron chi connectivity index (χ1n) is 5.78. The number of hydrogen-bond donors (Lipinski definition) is 0. The van der Waals surface area contributed by atoms with E-state index in [1.54, 1.807) is 0 Å². The maximum absolute atomic E-state index is 11.6. The van der Waals surface area contributed by atoms with Crippen LogP contribution in [0, 0.1) is 5.92 Å². The van der Waals surface area contributed by atoms with Crippen LogP contribution in [-0.4, -0.2) is 5.78 Å². The van der Waals surface area contributed by atoms with Crippen molar-refractivity contribution in [1.29, 1.82) is 0 Å². The van der Waals surface area contributed by atoms with Gasteiger partial charge in [-0.15, -0.1) is 0 Å². The average molecular weight is 202 g/mol. The number of carbonyl (C=O) groups excluding carboxylic acids is 1. The lowest BCUT2D eigenvalue weighted by atomic mass is 9.99. The van der Waals surface area contributed by atoms with E-state index in [2.05, 4.69) is 38.1 Å². The Morgan fingerprint density at radius 1 is 1.27 bits per heavy atom. The highest BCUT2D eigenvalue weighted by atomic mass is 16.1. The Kier molecular flexibility index (Phi) is 2.90. The topological polar surface area (TPSA) is 17.1 Å². The molecule has 1 heteroatoms. The fraction of sp³-hybridized carbons (Fsp3) is 0.500. The molecule has 1 aromatic carbocycles. The van der Waals surface area contributed by atoms with E-state index < -0.39 is 0 Å². The lowest BCUT2D eigenvalue weighted by Crippen LogP contribution is -2.04. The second-order valence-electron chi connectivity index (χ2n) is 4.81. The van der Waals surface area contributed by atoms with Gasteiger partial charge in [0.1, 0.15) is 5.78 Å². The van der Waals surface area contributed by atoms with Crippen molar-refractivity contribution < 1.29 is 4.79 Å². The predicted octanol–water partition coefficient (Wildman–Crippen LogP) is 3.33. The zero-order valence-corrected chi connectivity index (χ0v) is 9.49. The molecule has 0 bridgehead atoms. The Balaban J connectivity index is 2.00. The van der Waals surface area contributed by atoms with E-state index in [9.17, 15) is 4.79 Å². The number of rotatable bonds is 4. The molecule has 80 valence electrons. The van der Waals surface area contributed by atoms with E-state index in [-0.39, 0.29) is 0 Å². The van der Waals surface area contributed by atoms with Crippen molar-refractivity contribution in [1.82, 2.24) is 0 Å². The van der Waals surface area contributed by atoms with E-state index in [4.69, 9.17) is 0 Å². The molecule has 0 amide bonds. The monoisotopic (exact) mass is 202 g/mol. The van der Waals surface area contributed by atoms with Crippen molar-refractivity contribution in [3.05, 3.63) is 35.4 Å². The van der Waals surface area contributed by atoms with Crippen LogP contribution >= 0.6 is 0 Å². The minimum Gasteiger partial charge on any atom is -0.299 e. The highest BCUT2D eigenvalue weighted by Gasteiger charge is 2.28. The number of Topliss-reactive ketones (excluding diaryl/α,β-unsaturated/α-hetero) is 1. The molecule has 1 saturated carbocycles. The molecule has 1 nitrogen and oxygen atoms in total. The second-order valence-corrected chi connectivity index (χ2v) is 4.81. The van der Waals surface area contributed by atoms with Crippen LogP contribution < -0.4 is 0 Å². The Hall–Kier alpha value is -1.11. The number of ketones is 1. The van der Waals surface area contributed by atoms with Gasteiger partial charge >= 0.3 is 0 Å². The summed E-state index contributed by atoms with van der Waals surface area (Å²) in [5.74, 6) is 1.38. The molecule has 1 aromatic rings. The molecular weight excluding hydrogens is 184 g/mol. The van der Waals surface area contributed by atoms with Gasteiger partial charge in [0.15, 0.2) is 0 Å². The number of carbonyl (C=O) groups is 1. The van der Waals surface area contributed by atoms with E-state index in [0.717, 1.165) is 18.4 Å². The summed E-state index contributed by atoms with van der Waals surface area (Å²) < 4.78 is 0. The van der Waals surface area contributed by atoms with Crippen LogP contribution in [0.2, 0.25) is 0 Å². The molecule has 1 aliphatic carbocycles. The van der Waals surface area contributed by atoms with Crippen molar-refractivity contribution in [2.45, 2.75) is 39.0 Å². The molecule has 15 heavy (non-hydrogen) atoms. The summed E-state index contributed by atoms with van der Waals surface area (Å²) in [6.07, 6.45) is 2.86. The molecular formula is C14H18O. The molecule has 0 heterocycles. The van der Waals surface area contributed by atoms with Crippen molar-refractivity contribution in [2.75, 3.05) is 0 Å². The second kappa shape index (κ2) is 4.18. The molecule has 0 aliphatic heterocycles.